The van der Waals surface area contributed by atoms with Crippen molar-refractivity contribution in [3.8, 4) is 5.75 Å². The largest absolute Gasteiger partial charge is 0.466 e. The molecule has 0 saturated heterocycles. The first-order chi connectivity index (χ1) is 13.7. The molecule has 29 heavy (non-hydrogen) atoms. The first-order valence-electron chi connectivity index (χ1n) is 8.90. The topological polar surface area (TPSA) is 151 Å². The highest BCUT2D eigenvalue weighted by Gasteiger charge is 2.37. The molecule has 0 fully saturated rings. The second kappa shape index (κ2) is 11.4. The number of rotatable bonds is 10. The number of nitrogens with one attached hydrogen (secondary N) is 1. The second-order valence-corrected chi connectivity index (χ2v) is 5.84. The van der Waals surface area contributed by atoms with Crippen molar-refractivity contribution in [2.24, 2.45) is 11.7 Å². The molecule has 1 rings (SSSR count). The molecule has 0 bridgehead atoms. The normalized spacial score (nSPS) is 12.2. The molecule has 158 valence electrons. The molecule has 2 atom stereocenters. The number of hydrogen-bond acceptors (Lipinski definition) is 8. The van der Waals surface area contributed by atoms with Crippen molar-refractivity contribution in [3.63, 3.8) is 0 Å². The van der Waals surface area contributed by atoms with E-state index >= 15 is 0 Å². The van der Waals surface area contributed by atoms with Crippen LogP contribution in [0.4, 0.5) is 0 Å². The van der Waals surface area contributed by atoms with Crippen LogP contribution >= 0.6 is 0 Å². The van der Waals surface area contributed by atoms with Gasteiger partial charge in [-0.25, -0.2) is 0 Å². The van der Waals surface area contributed by atoms with Gasteiger partial charge in [0.05, 0.1) is 25.6 Å². The quantitative estimate of drug-likeness (QED) is 0.415. The van der Waals surface area contributed by atoms with E-state index in [2.05, 4.69) is 5.32 Å². The predicted molar refractivity (Wildman–Crippen MR) is 99.6 cm³/mol. The molecule has 3 N–H and O–H groups in total. The van der Waals surface area contributed by atoms with Crippen molar-refractivity contribution in [1.29, 1.82) is 0 Å². The first kappa shape index (κ1) is 23.6. The lowest BCUT2D eigenvalue weighted by Crippen LogP contribution is -2.52. The van der Waals surface area contributed by atoms with Crippen molar-refractivity contribution in [3.05, 3.63) is 29.8 Å². The summed E-state index contributed by atoms with van der Waals surface area (Å²) in [6, 6.07) is 4.09. The first-order valence-corrected chi connectivity index (χ1v) is 8.90. The van der Waals surface area contributed by atoms with Gasteiger partial charge in [-0.1, -0.05) is 6.07 Å². The van der Waals surface area contributed by atoms with Crippen LogP contribution in [0.3, 0.4) is 0 Å². The third-order valence-electron chi connectivity index (χ3n) is 3.63. The van der Waals surface area contributed by atoms with Crippen LogP contribution in [0.1, 0.15) is 37.6 Å². The van der Waals surface area contributed by atoms with Crippen LogP contribution in [0.25, 0.3) is 0 Å². The molecular formula is C19H24N2O8. The zero-order chi connectivity index (χ0) is 22.0. The predicted octanol–water partition coefficient (Wildman–Crippen LogP) is 0.328. The Balaban J connectivity index is 3.09. The lowest BCUT2D eigenvalue weighted by molar-refractivity contribution is -0.156. The fourth-order valence-corrected chi connectivity index (χ4v) is 2.45. The standard InChI is InChI=1S/C19H24N2O8/c1-4-27-15(23)10-14(19(26)28-5-2)16(17(20)24)21-18(25)12-7-6-8-13(9-12)29-11(3)22/h6-9,14,16H,4-5,10H2,1-3H3,(H2,20,24)(H,21,25)/t14-,16+/m1/s1. The monoisotopic (exact) mass is 408 g/mol. The Labute approximate surface area is 167 Å². The Morgan fingerprint density at radius 1 is 1.07 bits per heavy atom. The van der Waals surface area contributed by atoms with Crippen LogP contribution in [0, 0.1) is 5.92 Å². The Morgan fingerprint density at radius 3 is 2.28 bits per heavy atom. The van der Waals surface area contributed by atoms with Crippen molar-refractivity contribution < 1.29 is 38.2 Å². The van der Waals surface area contributed by atoms with Crippen LogP contribution in [0.15, 0.2) is 24.3 Å². The van der Waals surface area contributed by atoms with Gasteiger partial charge in [-0.15, -0.1) is 0 Å². The molecule has 0 unspecified atom stereocenters. The molecular weight excluding hydrogens is 384 g/mol. The summed E-state index contributed by atoms with van der Waals surface area (Å²) in [4.78, 5) is 59.7. The van der Waals surface area contributed by atoms with Gasteiger partial charge in [0.25, 0.3) is 5.91 Å². The number of benzene rings is 1. The van der Waals surface area contributed by atoms with E-state index in [1.54, 1.807) is 13.8 Å². The number of amides is 2. The molecule has 0 heterocycles. The molecule has 2 amide bonds. The molecule has 1 aromatic carbocycles. The highest BCUT2D eigenvalue weighted by atomic mass is 16.5. The maximum atomic E-state index is 12.6. The molecule has 0 aromatic heterocycles. The maximum Gasteiger partial charge on any atom is 0.312 e. The van der Waals surface area contributed by atoms with Crippen LogP contribution < -0.4 is 15.8 Å². The van der Waals surface area contributed by atoms with Gasteiger partial charge in [0.15, 0.2) is 0 Å². The van der Waals surface area contributed by atoms with Gasteiger partial charge in [0.1, 0.15) is 11.8 Å². The van der Waals surface area contributed by atoms with Gasteiger partial charge in [-0.2, -0.15) is 0 Å². The summed E-state index contributed by atoms with van der Waals surface area (Å²) in [5.74, 6) is -5.24. The highest BCUT2D eigenvalue weighted by molar-refractivity contribution is 5.99. The molecule has 0 saturated carbocycles. The van der Waals surface area contributed by atoms with Crippen LogP contribution in [-0.4, -0.2) is 49.0 Å². The van der Waals surface area contributed by atoms with Crippen molar-refractivity contribution in [2.75, 3.05) is 13.2 Å². The number of ether oxygens (including phenoxy) is 3. The van der Waals surface area contributed by atoms with Gasteiger partial charge >= 0.3 is 17.9 Å². The summed E-state index contributed by atoms with van der Waals surface area (Å²) in [5.41, 5.74) is 5.41. The minimum Gasteiger partial charge on any atom is -0.466 e. The van der Waals surface area contributed by atoms with E-state index in [-0.39, 0.29) is 24.5 Å². The van der Waals surface area contributed by atoms with Crippen molar-refractivity contribution >= 4 is 29.7 Å². The molecule has 0 aliphatic rings. The molecule has 0 spiro atoms. The molecule has 1 aromatic rings. The SMILES string of the molecule is CCOC(=O)C[C@@H](C(=O)OCC)[C@H](NC(=O)c1cccc(OC(C)=O)c1)C(N)=O. The Morgan fingerprint density at radius 2 is 1.72 bits per heavy atom. The average Bonchev–Trinajstić information content (AvgIpc) is 2.64. The molecule has 10 nitrogen and oxygen atoms in total. The molecule has 0 aliphatic carbocycles. The average molecular weight is 408 g/mol. The van der Waals surface area contributed by atoms with Gasteiger partial charge in [-0.3, -0.25) is 24.0 Å². The van der Waals surface area contributed by atoms with E-state index in [1.807, 2.05) is 0 Å². The third kappa shape index (κ3) is 7.60. The minimum atomic E-state index is -1.52. The van der Waals surface area contributed by atoms with Gasteiger partial charge in [-0.05, 0) is 32.0 Å². The Kier molecular flexibility index (Phi) is 9.30. The van der Waals surface area contributed by atoms with E-state index < -0.39 is 48.1 Å². The van der Waals surface area contributed by atoms with E-state index in [1.165, 1.54) is 31.2 Å². The molecule has 10 heteroatoms. The zero-order valence-corrected chi connectivity index (χ0v) is 16.4. The van der Waals surface area contributed by atoms with Gasteiger partial charge in [0, 0.05) is 12.5 Å². The molecule has 0 aliphatic heterocycles. The van der Waals surface area contributed by atoms with Crippen LogP contribution in [0.2, 0.25) is 0 Å². The molecule has 0 radical (unpaired) electrons. The number of primary amides is 1. The minimum absolute atomic E-state index is 0.00200. The number of hydrogen-bond donors (Lipinski definition) is 2. The zero-order valence-electron chi connectivity index (χ0n) is 16.4. The van der Waals surface area contributed by atoms with E-state index in [9.17, 15) is 24.0 Å². The van der Waals surface area contributed by atoms with Crippen LogP contribution in [-0.2, 0) is 28.7 Å². The number of esters is 3. The number of carbonyl (C=O) groups excluding carboxylic acids is 5. The fraction of sp³-hybridized carbons (Fsp3) is 0.421. The van der Waals surface area contributed by atoms with E-state index in [0.717, 1.165) is 0 Å². The fourth-order valence-electron chi connectivity index (χ4n) is 2.45. The maximum absolute atomic E-state index is 12.6. The van der Waals surface area contributed by atoms with E-state index in [4.69, 9.17) is 19.9 Å². The Bertz CT molecular complexity index is 777. The number of nitrogens with two attached hydrogens (primary N) is 1. The van der Waals surface area contributed by atoms with Gasteiger partial charge < -0.3 is 25.3 Å². The lowest BCUT2D eigenvalue weighted by Gasteiger charge is -2.23. The summed E-state index contributed by atoms with van der Waals surface area (Å²) in [6.45, 7) is 4.42. The smallest absolute Gasteiger partial charge is 0.312 e. The summed E-state index contributed by atoms with van der Waals surface area (Å²) in [6.07, 6.45) is -0.506. The third-order valence-corrected chi connectivity index (χ3v) is 3.63. The summed E-state index contributed by atoms with van der Waals surface area (Å²) < 4.78 is 14.6. The van der Waals surface area contributed by atoms with Crippen molar-refractivity contribution in [2.45, 2.75) is 33.2 Å². The number of carbonyl (C=O) groups is 5. The highest BCUT2D eigenvalue weighted by Crippen LogP contribution is 2.17. The van der Waals surface area contributed by atoms with Gasteiger partial charge in [0.2, 0.25) is 5.91 Å². The van der Waals surface area contributed by atoms with Crippen molar-refractivity contribution in [1.82, 2.24) is 5.32 Å². The summed E-state index contributed by atoms with van der Waals surface area (Å²) in [7, 11) is 0. The second-order valence-electron chi connectivity index (χ2n) is 5.84. The Hall–Kier alpha value is -3.43. The lowest BCUT2D eigenvalue weighted by atomic mass is 9.95. The van der Waals surface area contributed by atoms with Crippen LogP contribution in [0.5, 0.6) is 5.75 Å². The summed E-state index contributed by atoms with van der Waals surface area (Å²) in [5, 5.41) is 2.34. The summed E-state index contributed by atoms with van der Waals surface area (Å²) >= 11 is 0. The van der Waals surface area contributed by atoms with E-state index in [0.29, 0.717) is 0 Å².